The molecule has 0 radical (unpaired) electrons. The van der Waals surface area contributed by atoms with E-state index < -0.39 is 0 Å². The molecule has 5 nitrogen and oxygen atoms in total. The number of nitrogen functional groups attached to an aromatic ring is 1. The lowest BCUT2D eigenvalue weighted by molar-refractivity contribution is 0.101. The molecule has 0 aliphatic carbocycles. The monoisotopic (exact) mass is 240 g/mol. The Labute approximate surface area is 105 Å². The third-order valence-corrected chi connectivity index (χ3v) is 2.47. The first-order chi connectivity index (χ1) is 8.61. The predicted octanol–water partition coefficient (Wildman–Crippen LogP) is 1.24. The molecular weight excluding hydrogens is 228 g/mol. The van der Waals surface area contributed by atoms with Crippen molar-refractivity contribution in [3.63, 3.8) is 0 Å². The van der Waals surface area contributed by atoms with E-state index in [2.05, 4.69) is 16.3 Å². The molecule has 2 rings (SSSR count). The van der Waals surface area contributed by atoms with Crippen molar-refractivity contribution in [1.82, 2.24) is 9.78 Å². The van der Waals surface area contributed by atoms with Crippen LogP contribution in [0.5, 0.6) is 0 Å². The second-order valence-electron chi connectivity index (χ2n) is 3.75. The number of benzene rings is 1. The first-order valence-corrected chi connectivity index (χ1v) is 5.27. The maximum atomic E-state index is 12.0. The van der Waals surface area contributed by atoms with Gasteiger partial charge in [-0.1, -0.05) is 12.0 Å². The smallest absolute Gasteiger partial charge is 0.276 e. The standard InChI is InChI=1S/C13H12N4O/c1-3-9-5-4-6-10(7-9)16-13(18)12-11(14)8-15-17(12)2/h1,4-8H,14H2,2H3,(H,16,18). The fourth-order valence-electron chi connectivity index (χ4n) is 1.61. The molecule has 0 bridgehead atoms. The van der Waals surface area contributed by atoms with Gasteiger partial charge in [-0.15, -0.1) is 6.42 Å². The number of rotatable bonds is 2. The summed E-state index contributed by atoms with van der Waals surface area (Å²) >= 11 is 0. The largest absolute Gasteiger partial charge is 0.396 e. The molecule has 18 heavy (non-hydrogen) atoms. The zero-order valence-electron chi connectivity index (χ0n) is 9.84. The summed E-state index contributed by atoms with van der Waals surface area (Å²) in [6.07, 6.45) is 6.73. The highest BCUT2D eigenvalue weighted by molar-refractivity contribution is 6.06. The molecule has 0 saturated carbocycles. The molecule has 3 N–H and O–H groups in total. The van der Waals surface area contributed by atoms with E-state index in [1.807, 2.05) is 0 Å². The Morgan fingerprint density at radius 2 is 2.33 bits per heavy atom. The Hall–Kier alpha value is -2.74. The second-order valence-corrected chi connectivity index (χ2v) is 3.75. The van der Waals surface area contributed by atoms with Crippen molar-refractivity contribution < 1.29 is 4.79 Å². The summed E-state index contributed by atoms with van der Waals surface area (Å²) in [5.41, 5.74) is 7.65. The van der Waals surface area contributed by atoms with Crippen molar-refractivity contribution in [2.45, 2.75) is 0 Å². The van der Waals surface area contributed by atoms with Crippen LogP contribution in [0.3, 0.4) is 0 Å². The normalized spacial score (nSPS) is 9.78. The number of carbonyl (C=O) groups excluding carboxylic acids is 1. The van der Waals surface area contributed by atoms with Gasteiger partial charge >= 0.3 is 0 Å². The lowest BCUT2D eigenvalue weighted by Crippen LogP contribution is -2.17. The third-order valence-electron chi connectivity index (χ3n) is 2.47. The van der Waals surface area contributed by atoms with Gasteiger partial charge in [0.25, 0.3) is 5.91 Å². The second kappa shape index (κ2) is 4.63. The molecule has 5 heteroatoms. The lowest BCUT2D eigenvalue weighted by Gasteiger charge is -2.06. The van der Waals surface area contributed by atoms with Gasteiger partial charge in [0, 0.05) is 18.3 Å². The van der Waals surface area contributed by atoms with E-state index in [1.165, 1.54) is 10.9 Å². The van der Waals surface area contributed by atoms with Crippen molar-refractivity contribution >= 4 is 17.3 Å². The van der Waals surface area contributed by atoms with Gasteiger partial charge in [-0.2, -0.15) is 5.10 Å². The van der Waals surface area contributed by atoms with Gasteiger partial charge in [-0.3, -0.25) is 9.48 Å². The number of terminal acetylenes is 1. The Morgan fingerprint density at radius 3 is 2.94 bits per heavy atom. The molecule has 0 aliphatic heterocycles. The molecule has 2 aromatic rings. The first kappa shape index (κ1) is 11.7. The minimum Gasteiger partial charge on any atom is -0.396 e. The van der Waals surface area contributed by atoms with Crippen molar-refractivity contribution in [2.24, 2.45) is 7.05 Å². The number of nitrogens with one attached hydrogen (secondary N) is 1. The fraction of sp³-hybridized carbons (Fsp3) is 0.0769. The number of hydrogen-bond acceptors (Lipinski definition) is 3. The van der Waals surface area contributed by atoms with Gasteiger partial charge in [0.2, 0.25) is 0 Å². The fourth-order valence-corrected chi connectivity index (χ4v) is 1.61. The van der Waals surface area contributed by atoms with Gasteiger partial charge in [0.1, 0.15) is 5.69 Å². The Kier molecular flexibility index (Phi) is 3.02. The predicted molar refractivity (Wildman–Crippen MR) is 70.0 cm³/mol. The topological polar surface area (TPSA) is 72.9 Å². The summed E-state index contributed by atoms with van der Waals surface area (Å²) in [6, 6.07) is 7.03. The van der Waals surface area contributed by atoms with Crippen LogP contribution < -0.4 is 11.1 Å². The van der Waals surface area contributed by atoms with E-state index in [-0.39, 0.29) is 5.91 Å². The quantitative estimate of drug-likeness (QED) is 0.775. The number of carbonyl (C=O) groups is 1. The van der Waals surface area contributed by atoms with Crippen molar-refractivity contribution in [3.8, 4) is 12.3 Å². The average molecular weight is 240 g/mol. The summed E-state index contributed by atoms with van der Waals surface area (Å²) in [4.78, 5) is 12.0. The van der Waals surface area contributed by atoms with Crippen LogP contribution in [-0.2, 0) is 7.05 Å². The van der Waals surface area contributed by atoms with Crippen molar-refractivity contribution in [2.75, 3.05) is 11.1 Å². The zero-order chi connectivity index (χ0) is 13.1. The summed E-state index contributed by atoms with van der Waals surface area (Å²) in [5.74, 6) is 2.19. The van der Waals surface area contributed by atoms with Crippen LogP contribution >= 0.6 is 0 Å². The molecular formula is C13H12N4O. The highest BCUT2D eigenvalue weighted by Gasteiger charge is 2.14. The molecule has 0 unspecified atom stereocenters. The van der Waals surface area contributed by atoms with Gasteiger partial charge in [0.15, 0.2) is 0 Å². The summed E-state index contributed by atoms with van der Waals surface area (Å²) < 4.78 is 1.43. The molecule has 0 aliphatic rings. The summed E-state index contributed by atoms with van der Waals surface area (Å²) in [6.45, 7) is 0. The van der Waals surface area contributed by atoms with Gasteiger partial charge < -0.3 is 11.1 Å². The average Bonchev–Trinajstić information content (AvgIpc) is 2.69. The number of aryl methyl sites for hydroxylation is 1. The van der Waals surface area contributed by atoms with Crippen LogP contribution in [0.15, 0.2) is 30.5 Å². The lowest BCUT2D eigenvalue weighted by atomic mass is 10.2. The number of nitrogens with zero attached hydrogens (tertiary/aromatic N) is 2. The zero-order valence-corrected chi connectivity index (χ0v) is 9.84. The number of hydrogen-bond donors (Lipinski definition) is 2. The van der Waals surface area contributed by atoms with Crippen LogP contribution in [0.25, 0.3) is 0 Å². The van der Waals surface area contributed by atoms with Crippen LogP contribution in [0.2, 0.25) is 0 Å². The number of amides is 1. The number of nitrogens with two attached hydrogens (primary N) is 1. The Bertz CT molecular complexity index is 617. The number of aromatic nitrogens is 2. The molecule has 1 heterocycles. The van der Waals surface area contributed by atoms with E-state index in [4.69, 9.17) is 12.2 Å². The highest BCUT2D eigenvalue weighted by Crippen LogP contribution is 2.14. The maximum Gasteiger partial charge on any atom is 0.276 e. The molecule has 1 aromatic carbocycles. The Morgan fingerprint density at radius 1 is 1.56 bits per heavy atom. The van der Waals surface area contributed by atoms with Crippen LogP contribution in [0, 0.1) is 12.3 Å². The molecule has 0 spiro atoms. The molecule has 0 atom stereocenters. The van der Waals surface area contributed by atoms with Gasteiger partial charge in [-0.05, 0) is 18.2 Å². The van der Waals surface area contributed by atoms with Crippen molar-refractivity contribution in [1.29, 1.82) is 0 Å². The SMILES string of the molecule is C#Cc1cccc(NC(=O)c2c(N)cnn2C)c1. The van der Waals surface area contributed by atoms with Crippen LogP contribution in [0.4, 0.5) is 11.4 Å². The minimum absolute atomic E-state index is 0.318. The first-order valence-electron chi connectivity index (χ1n) is 5.27. The van der Waals surface area contributed by atoms with Crippen LogP contribution in [0.1, 0.15) is 16.1 Å². The summed E-state index contributed by atoms with van der Waals surface area (Å²) in [5, 5.41) is 6.64. The van der Waals surface area contributed by atoms with E-state index in [0.29, 0.717) is 22.6 Å². The van der Waals surface area contributed by atoms with E-state index in [1.54, 1.807) is 31.3 Å². The summed E-state index contributed by atoms with van der Waals surface area (Å²) in [7, 11) is 1.66. The van der Waals surface area contributed by atoms with Crippen LogP contribution in [-0.4, -0.2) is 15.7 Å². The molecule has 90 valence electrons. The molecule has 1 amide bonds. The molecule has 1 aromatic heterocycles. The third kappa shape index (κ3) is 2.18. The van der Waals surface area contributed by atoms with E-state index in [9.17, 15) is 4.79 Å². The Balaban J connectivity index is 2.25. The highest BCUT2D eigenvalue weighted by atomic mass is 16.2. The van der Waals surface area contributed by atoms with E-state index in [0.717, 1.165) is 0 Å². The maximum absolute atomic E-state index is 12.0. The molecule has 0 saturated heterocycles. The van der Waals surface area contributed by atoms with E-state index >= 15 is 0 Å². The number of anilines is 2. The van der Waals surface area contributed by atoms with Gasteiger partial charge in [-0.25, -0.2) is 0 Å². The minimum atomic E-state index is -0.318. The molecule has 0 fully saturated rings. The van der Waals surface area contributed by atoms with Crippen molar-refractivity contribution in [3.05, 3.63) is 41.7 Å². The van der Waals surface area contributed by atoms with Gasteiger partial charge in [0.05, 0.1) is 11.9 Å².